The molecule has 0 aliphatic carbocycles. The molecule has 0 aliphatic heterocycles. The molecule has 0 aliphatic rings. The highest BCUT2D eigenvalue weighted by atomic mass is 35.5. The Balaban J connectivity index is 2.46. The van der Waals surface area contributed by atoms with Gasteiger partial charge in [-0.3, -0.25) is 4.68 Å². The maximum absolute atomic E-state index is 12.3. The predicted octanol–water partition coefficient (Wildman–Crippen LogP) is 2.16. The summed E-state index contributed by atoms with van der Waals surface area (Å²) in [6.07, 6.45) is 0. The van der Waals surface area contributed by atoms with Crippen molar-refractivity contribution in [3.63, 3.8) is 0 Å². The lowest BCUT2D eigenvalue weighted by Crippen LogP contribution is -2.11. The smallest absolute Gasteiger partial charge is 0.344 e. The Morgan fingerprint density at radius 3 is 2.35 bits per heavy atom. The van der Waals surface area contributed by atoms with Gasteiger partial charge in [0.1, 0.15) is 5.15 Å². The fraction of sp³-hybridized carbons (Fsp3) is 0.250. The van der Waals surface area contributed by atoms with E-state index in [1.54, 1.807) is 32.2 Å². The van der Waals surface area contributed by atoms with Gasteiger partial charge in [0.2, 0.25) is 0 Å². The summed E-state index contributed by atoms with van der Waals surface area (Å²) in [6.45, 7) is 1.55. The maximum Gasteiger partial charge on any atom is 0.344 e. The first kappa shape index (κ1) is 14.7. The van der Waals surface area contributed by atoms with E-state index in [1.165, 1.54) is 17.9 Å². The van der Waals surface area contributed by atoms with Crippen LogP contribution in [0.15, 0.2) is 29.2 Å². The average Bonchev–Trinajstić information content (AvgIpc) is 2.63. The Morgan fingerprint density at radius 1 is 1.25 bits per heavy atom. The first-order chi connectivity index (χ1) is 9.36. The van der Waals surface area contributed by atoms with Gasteiger partial charge >= 0.3 is 10.1 Å². The van der Waals surface area contributed by atoms with Gasteiger partial charge in [0.25, 0.3) is 0 Å². The van der Waals surface area contributed by atoms with Gasteiger partial charge in [-0.25, -0.2) is 0 Å². The van der Waals surface area contributed by atoms with Crippen LogP contribution in [0.4, 0.5) is 0 Å². The Bertz CT molecular complexity index is 740. The zero-order chi connectivity index (χ0) is 14.9. The van der Waals surface area contributed by atoms with Crippen LogP contribution in [0.3, 0.4) is 0 Å². The number of ether oxygens (including phenoxy) is 1. The van der Waals surface area contributed by atoms with Crippen molar-refractivity contribution >= 4 is 21.7 Å². The predicted molar refractivity (Wildman–Crippen MR) is 73.8 cm³/mol. The molecule has 0 atom stereocenters. The number of halogens is 1. The number of methoxy groups -OCH3 is 1. The van der Waals surface area contributed by atoms with E-state index in [4.69, 9.17) is 20.5 Å². The maximum atomic E-state index is 12.3. The van der Waals surface area contributed by atoms with Gasteiger partial charge in [-0.05, 0) is 19.1 Å². The van der Waals surface area contributed by atoms with Crippen molar-refractivity contribution in [3.05, 3.63) is 35.1 Å². The van der Waals surface area contributed by atoms with E-state index >= 15 is 0 Å². The lowest BCUT2D eigenvalue weighted by molar-refractivity contribution is 0.390. The highest BCUT2D eigenvalue weighted by Gasteiger charge is 2.28. The van der Waals surface area contributed by atoms with Gasteiger partial charge in [0, 0.05) is 7.05 Å². The molecule has 0 spiro atoms. The van der Waals surface area contributed by atoms with Crippen LogP contribution < -0.4 is 8.92 Å². The monoisotopic (exact) mass is 316 g/mol. The zero-order valence-electron chi connectivity index (χ0n) is 11.1. The minimum absolute atomic E-state index is 0.00241. The van der Waals surface area contributed by atoms with E-state index in [1.807, 2.05) is 0 Å². The number of hydrogen-bond acceptors (Lipinski definition) is 5. The molecule has 0 fully saturated rings. The molecule has 0 N–H and O–H groups in total. The molecule has 1 heterocycles. The van der Waals surface area contributed by atoms with Crippen molar-refractivity contribution < 1.29 is 17.3 Å². The van der Waals surface area contributed by atoms with Gasteiger partial charge in [-0.15, -0.1) is 0 Å². The summed E-state index contributed by atoms with van der Waals surface area (Å²) in [5.74, 6) is 0.406. The highest BCUT2D eigenvalue weighted by molar-refractivity contribution is 7.87. The Hall–Kier alpha value is -1.73. The van der Waals surface area contributed by atoms with E-state index < -0.39 is 10.1 Å². The number of hydrogen-bond donors (Lipinski definition) is 0. The van der Waals surface area contributed by atoms with E-state index in [0.717, 1.165) is 0 Å². The topological polar surface area (TPSA) is 70.4 Å². The van der Waals surface area contributed by atoms with Gasteiger partial charge < -0.3 is 8.92 Å². The largest absolute Gasteiger partial charge is 0.493 e. The fourth-order valence-corrected chi connectivity index (χ4v) is 3.40. The molecule has 1 aromatic carbocycles. The van der Waals surface area contributed by atoms with E-state index in [-0.39, 0.29) is 21.5 Å². The lowest BCUT2D eigenvalue weighted by atomic mass is 10.3. The number of aryl methyl sites for hydroxylation is 2. The van der Waals surface area contributed by atoms with Gasteiger partial charge in [0.15, 0.2) is 16.4 Å². The third kappa shape index (κ3) is 2.59. The molecule has 0 unspecified atom stereocenters. The summed E-state index contributed by atoms with van der Waals surface area (Å²) in [7, 11) is -1.10. The van der Waals surface area contributed by atoms with Crippen LogP contribution in [-0.2, 0) is 17.2 Å². The van der Waals surface area contributed by atoms with Crippen molar-refractivity contribution in [2.75, 3.05) is 7.11 Å². The molecule has 0 amide bonds. The number of rotatable bonds is 4. The summed E-state index contributed by atoms with van der Waals surface area (Å²) in [6, 6.07) is 6.45. The lowest BCUT2D eigenvalue weighted by Gasteiger charge is -2.10. The van der Waals surface area contributed by atoms with Crippen molar-refractivity contribution in [2.24, 2.45) is 7.05 Å². The minimum Gasteiger partial charge on any atom is -0.493 e. The van der Waals surface area contributed by atoms with Crippen LogP contribution in [0, 0.1) is 6.92 Å². The Kier molecular flexibility index (Phi) is 3.92. The number of aromatic nitrogens is 2. The summed E-state index contributed by atoms with van der Waals surface area (Å²) in [4.78, 5) is -0.146. The first-order valence-corrected chi connectivity index (χ1v) is 7.42. The highest BCUT2D eigenvalue weighted by Crippen LogP contribution is 2.32. The normalized spacial score (nSPS) is 11.4. The Labute approximate surface area is 122 Å². The van der Waals surface area contributed by atoms with Gasteiger partial charge in [-0.1, -0.05) is 23.7 Å². The number of para-hydroxylation sites is 2. The average molecular weight is 317 g/mol. The minimum atomic E-state index is -4.08. The summed E-state index contributed by atoms with van der Waals surface area (Å²) < 4.78 is 36.0. The Morgan fingerprint density at radius 2 is 1.85 bits per heavy atom. The number of benzene rings is 1. The molecule has 1 aromatic heterocycles. The molecule has 2 rings (SSSR count). The molecule has 2 aromatic rings. The van der Waals surface area contributed by atoms with Gasteiger partial charge in [0.05, 0.1) is 12.8 Å². The first-order valence-electron chi connectivity index (χ1n) is 5.63. The SMILES string of the molecule is COc1ccccc1OS(=O)(=O)c1c(C)nn(C)c1Cl. The van der Waals surface area contributed by atoms with Crippen molar-refractivity contribution in [2.45, 2.75) is 11.8 Å². The molecule has 6 nitrogen and oxygen atoms in total. The summed E-state index contributed by atoms with van der Waals surface area (Å²) in [5.41, 5.74) is 0.271. The fourth-order valence-electron chi connectivity index (χ4n) is 1.74. The second kappa shape index (κ2) is 5.34. The summed E-state index contributed by atoms with van der Waals surface area (Å²) in [5, 5.41) is 3.95. The zero-order valence-corrected chi connectivity index (χ0v) is 12.7. The van der Waals surface area contributed by atoms with Crippen LogP contribution >= 0.6 is 11.6 Å². The molecular weight excluding hydrogens is 304 g/mol. The van der Waals surface area contributed by atoms with Crippen LogP contribution in [-0.4, -0.2) is 25.3 Å². The van der Waals surface area contributed by atoms with Crippen LogP contribution in [0.1, 0.15) is 5.69 Å². The van der Waals surface area contributed by atoms with E-state index in [0.29, 0.717) is 5.75 Å². The van der Waals surface area contributed by atoms with Crippen LogP contribution in [0.5, 0.6) is 11.5 Å². The van der Waals surface area contributed by atoms with Crippen LogP contribution in [0.25, 0.3) is 0 Å². The molecule has 108 valence electrons. The summed E-state index contributed by atoms with van der Waals surface area (Å²) >= 11 is 5.95. The molecule has 0 saturated heterocycles. The van der Waals surface area contributed by atoms with Crippen molar-refractivity contribution in [3.8, 4) is 11.5 Å². The molecular formula is C12H13ClN2O4S. The third-order valence-corrected chi connectivity index (χ3v) is 4.55. The van der Waals surface area contributed by atoms with Gasteiger partial charge in [-0.2, -0.15) is 13.5 Å². The standard InChI is InChI=1S/C12H13ClN2O4S/c1-8-11(12(13)15(2)14-8)20(16,17)19-10-7-5-4-6-9(10)18-3/h4-7H,1-3H3. The molecule has 8 heteroatoms. The quantitative estimate of drug-likeness (QED) is 0.808. The van der Waals surface area contributed by atoms with Crippen molar-refractivity contribution in [1.29, 1.82) is 0 Å². The third-order valence-electron chi connectivity index (χ3n) is 2.62. The molecule has 0 radical (unpaired) electrons. The second-order valence-corrected chi connectivity index (χ2v) is 5.86. The van der Waals surface area contributed by atoms with Crippen LogP contribution in [0.2, 0.25) is 5.15 Å². The molecule has 20 heavy (non-hydrogen) atoms. The number of nitrogens with zero attached hydrogens (tertiary/aromatic N) is 2. The van der Waals surface area contributed by atoms with E-state index in [9.17, 15) is 8.42 Å². The second-order valence-electron chi connectivity index (χ2n) is 4.02. The van der Waals surface area contributed by atoms with Crippen molar-refractivity contribution in [1.82, 2.24) is 9.78 Å². The molecule has 0 bridgehead atoms. The molecule has 0 saturated carbocycles. The van der Waals surface area contributed by atoms with E-state index in [2.05, 4.69) is 5.10 Å².